The highest BCUT2D eigenvalue weighted by Crippen LogP contribution is 2.41. The Balaban J connectivity index is 2.50. The molecular weight excluding hydrogens is 291 g/mol. The summed E-state index contributed by atoms with van der Waals surface area (Å²) in [5.74, 6) is 0.142. The number of hydrogen-bond donors (Lipinski definition) is 0. The molecule has 2 rings (SSSR count). The number of rotatable bonds is 1. The summed E-state index contributed by atoms with van der Waals surface area (Å²) in [5, 5.41) is -0.586. The molecular formula is C14H15ClF3NO. The van der Waals surface area contributed by atoms with E-state index in [1.54, 1.807) is 6.07 Å². The molecule has 0 amide bonds. The van der Waals surface area contributed by atoms with Crippen LogP contribution in [0, 0.1) is 5.41 Å². The normalized spacial score (nSPS) is 17.1. The van der Waals surface area contributed by atoms with Crippen LogP contribution in [0.1, 0.15) is 31.9 Å². The average molecular weight is 306 g/mol. The first-order valence-corrected chi connectivity index (χ1v) is 6.59. The van der Waals surface area contributed by atoms with Crippen molar-refractivity contribution < 1.29 is 17.9 Å². The third-order valence-electron chi connectivity index (χ3n) is 3.00. The van der Waals surface area contributed by atoms with Crippen molar-refractivity contribution in [3.05, 3.63) is 29.3 Å². The maximum Gasteiger partial charge on any atom is 0.418 e. The molecule has 1 aromatic rings. The van der Waals surface area contributed by atoms with E-state index in [-0.39, 0.29) is 23.6 Å². The van der Waals surface area contributed by atoms with Gasteiger partial charge >= 0.3 is 6.18 Å². The zero-order chi connectivity index (χ0) is 15.1. The Labute approximate surface area is 120 Å². The molecule has 1 atom stereocenters. The first-order valence-electron chi connectivity index (χ1n) is 6.15. The molecule has 110 valence electrons. The van der Waals surface area contributed by atoms with Crippen LogP contribution in [0.3, 0.4) is 0 Å². The van der Waals surface area contributed by atoms with Crippen LogP contribution in [0.4, 0.5) is 18.9 Å². The van der Waals surface area contributed by atoms with Crippen molar-refractivity contribution >= 4 is 23.2 Å². The number of nitrogens with zero attached hydrogens (tertiary/aromatic N) is 1. The summed E-state index contributed by atoms with van der Waals surface area (Å²) in [6.07, 6.45) is -4.44. The van der Waals surface area contributed by atoms with E-state index in [4.69, 9.17) is 16.3 Å². The molecule has 1 aromatic carbocycles. The second-order valence-corrected chi connectivity index (χ2v) is 6.21. The third-order valence-corrected chi connectivity index (χ3v) is 3.84. The predicted molar refractivity (Wildman–Crippen MR) is 72.4 cm³/mol. The minimum absolute atomic E-state index is 0.0530. The molecule has 0 radical (unpaired) electrons. The highest BCUT2D eigenvalue weighted by atomic mass is 35.5. The van der Waals surface area contributed by atoms with E-state index in [2.05, 4.69) is 4.99 Å². The van der Waals surface area contributed by atoms with Crippen LogP contribution in [-0.2, 0) is 17.5 Å². The van der Waals surface area contributed by atoms with Crippen LogP contribution in [-0.4, -0.2) is 11.3 Å². The second kappa shape index (κ2) is 4.95. The summed E-state index contributed by atoms with van der Waals surface area (Å²) in [6.45, 7) is 5.68. The van der Waals surface area contributed by atoms with Crippen LogP contribution in [0.5, 0.6) is 0 Å². The maximum atomic E-state index is 13.0. The third kappa shape index (κ3) is 2.92. The minimum Gasteiger partial charge on any atom is -0.475 e. The van der Waals surface area contributed by atoms with E-state index in [9.17, 15) is 13.2 Å². The molecule has 1 heterocycles. The fraction of sp³-hybridized carbons (Fsp3) is 0.500. The van der Waals surface area contributed by atoms with Crippen molar-refractivity contribution in [3.63, 3.8) is 0 Å². The number of para-hydroxylation sites is 1. The monoisotopic (exact) mass is 305 g/mol. The SMILES string of the molecule is CC(C)(C)C(Cl)C1=Nc2c(cccc2C(F)(F)F)CO1. The van der Waals surface area contributed by atoms with Crippen LogP contribution < -0.4 is 0 Å². The summed E-state index contributed by atoms with van der Waals surface area (Å²) in [4.78, 5) is 4.02. The fourth-order valence-electron chi connectivity index (χ4n) is 1.86. The maximum absolute atomic E-state index is 13.0. The smallest absolute Gasteiger partial charge is 0.418 e. The van der Waals surface area contributed by atoms with Gasteiger partial charge in [0.25, 0.3) is 0 Å². The van der Waals surface area contributed by atoms with Gasteiger partial charge in [-0.25, -0.2) is 4.99 Å². The van der Waals surface area contributed by atoms with Crippen LogP contribution >= 0.6 is 11.6 Å². The first kappa shape index (κ1) is 15.2. The van der Waals surface area contributed by atoms with Gasteiger partial charge in [0.1, 0.15) is 12.0 Å². The summed E-state index contributed by atoms with van der Waals surface area (Å²) >= 11 is 6.23. The van der Waals surface area contributed by atoms with Gasteiger partial charge < -0.3 is 4.74 Å². The zero-order valence-corrected chi connectivity index (χ0v) is 12.1. The van der Waals surface area contributed by atoms with E-state index >= 15 is 0 Å². The minimum atomic E-state index is -4.44. The van der Waals surface area contributed by atoms with Crippen molar-refractivity contribution in [1.82, 2.24) is 0 Å². The van der Waals surface area contributed by atoms with Gasteiger partial charge in [0, 0.05) is 5.56 Å². The summed E-state index contributed by atoms with van der Waals surface area (Å²) in [7, 11) is 0. The summed E-state index contributed by atoms with van der Waals surface area (Å²) in [6, 6.07) is 3.95. The van der Waals surface area contributed by atoms with Gasteiger partial charge in [-0.05, 0) is 11.5 Å². The molecule has 0 aromatic heterocycles. The molecule has 20 heavy (non-hydrogen) atoms. The van der Waals surface area contributed by atoms with Gasteiger partial charge in [0.2, 0.25) is 5.90 Å². The van der Waals surface area contributed by atoms with Gasteiger partial charge in [-0.2, -0.15) is 13.2 Å². The number of aliphatic imine (C=N–C) groups is 1. The molecule has 0 aliphatic carbocycles. The molecule has 0 fully saturated rings. The Kier molecular flexibility index (Phi) is 3.75. The number of ether oxygens (including phenoxy) is 1. The lowest BCUT2D eigenvalue weighted by molar-refractivity contribution is -0.137. The van der Waals surface area contributed by atoms with E-state index < -0.39 is 17.1 Å². The van der Waals surface area contributed by atoms with Gasteiger partial charge in [0.05, 0.1) is 11.3 Å². The number of alkyl halides is 4. The lowest BCUT2D eigenvalue weighted by Crippen LogP contribution is -2.32. The van der Waals surface area contributed by atoms with Crippen molar-refractivity contribution in [1.29, 1.82) is 0 Å². The molecule has 0 N–H and O–H groups in total. The highest BCUT2D eigenvalue weighted by Gasteiger charge is 2.37. The molecule has 1 aliphatic heterocycles. The van der Waals surface area contributed by atoms with Gasteiger partial charge in [0.15, 0.2) is 0 Å². The second-order valence-electron chi connectivity index (χ2n) is 5.78. The molecule has 2 nitrogen and oxygen atoms in total. The summed E-state index contributed by atoms with van der Waals surface area (Å²) < 4.78 is 44.4. The van der Waals surface area contributed by atoms with Gasteiger partial charge in [-0.1, -0.05) is 32.9 Å². The molecule has 0 bridgehead atoms. The van der Waals surface area contributed by atoms with Crippen LogP contribution in [0.25, 0.3) is 0 Å². The molecule has 6 heteroatoms. The van der Waals surface area contributed by atoms with Gasteiger partial charge in [-0.15, -0.1) is 11.6 Å². The largest absolute Gasteiger partial charge is 0.475 e. The Morgan fingerprint density at radius 1 is 1.25 bits per heavy atom. The molecule has 0 saturated heterocycles. The Morgan fingerprint density at radius 3 is 2.45 bits per heavy atom. The van der Waals surface area contributed by atoms with Crippen molar-refractivity contribution in [3.8, 4) is 0 Å². The Morgan fingerprint density at radius 2 is 1.90 bits per heavy atom. The predicted octanol–water partition coefficient (Wildman–Crippen LogP) is 4.92. The van der Waals surface area contributed by atoms with Crippen molar-refractivity contribution in [2.24, 2.45) is 10.4 Å². The lowest BCUT2D eigenvalue weighted by atomic mass is 9.91. The number of halogens is 4. The van der Waals surface area contributed by atoms with Crippen LogP contribution in [0.2, 0.25) is 0 Å². The van der Waals surface area contributed by atoms with E-state index in [1.165, 1.54) is 6.07 Å². The fourth-order valence-corrected chi connectivity index (χ4v) is 1.97. The molecule has 1 unspecified atom stereocenters. The average Bonchev–Trinajstić information content (AvgIpc) is 2.34. The number of fused-ring (bicyclic) bond motifs is 1. The van der Waals surface area contributed by atoms with Crippen molar-refractivity contribution in [2.45, 2.75) is 38.9 Å². The van der Waals surface area contributed by atoms with Crippen LogP contribution in [0.15, 0.2) is 23.2 Å². The molecule has 1 aliphatic rings. The van der Waals surface area contributed by atoms with Crippen molar-refractivity contribution in [2.75, 3.05) is 0 Å². The topological polar surface area (TPSA) is 21.6 Å². The quantitative estimate of drug-likeness (QED) is 0.675. The van der Waals surface area contributed by atoms with E-state index in [1.807, 2.05) is 20.8 Å². The standard InChI is InChI=1S/C14H15ClF3NO/c1-13(2,3)11(15)12-19-10-8(7-20-12)5-4-6-9(10)14(16,17)18/h4-6,11H,7H2,1-3H3. The first-order chi connectivity index (χ1) is 9.10. The number of hydrogen-bond acceptors (Lipinski definition) is 2. The Hall–Kier alpha value is -1.23. The van der Waals surface area contributed by atoms with E-state index in [0.29, 0.717) is 5.56 Å². The Bertz CT molecular complexity index is 546. The zero-order valence-electron chi connectivity index (χ0n) is 11.4. The summed E-state index contributed by atoms with van der Waals surface area (Å²) in [5.41, 5.74) is -0.781. The molecule has 0 spiro atoms. The molecule has 0 saturated carbocycles. The number of benzene rings is 1. The lowest BCUT2D eigenvalue weighted by Gasteiger charge is -2.29. The highest BCUT2D eigenvalue weighted by molar-refractivity contribution is 6.31. The van der Waals surface area contributed by atoms with E-state index in [0.717, 1.165) is 6.07 Å². The van der Waals surface area contributed by atoms with Gasteiger partial charge in [-0.3, -0.25) is 0 Å².